The van der Waals surface area contributed by atoms with E-state index in [4.69, 9.17) is 5.73 Å². The van der Waals surface area contributed by atoms with Crippen LogP contribution in [0.15, 0.2) is 24.3 Å². The fraction of sp³-hybridized carbons (Fsp3) is 0.500. The molecule has 4 unspecified atom stereocenters. The van der Waals surface area contributed by atoms with Crippen LogP contribution < -0.4 is 21.7 Å². The monoisotopic (exact) mass is 438 g/mol. The molecule has 0 aliphatic carbocycles. The highest BCUT2D eigenvalue weighted by Gasteiger charge is 2.31. The lowest BCUT2D eigenvalue weighted by atomic mass is 9.98. The molecule has 4 atom stereocenters. The Labute approximate surface area is 180 Å². The lowest BCUT2D eigenvalue weighted by Crippen LogP contribution is -2.58. The summed E-state index contributed by atoms with van der Waals surface area (Å²) in [6.07, 6.45) is 0.474. The van der Waals surface area contributed by atoms with Crippen molar-refractivity contribution in [2.45, 2.75) is 44.8 Å². The van der Waals surface area contributed by atoms with Crippen LogP contribution in [0.3, 0.4) is 0 Å². The first-order chi connectivity index (χ1) is 14.6. The Kier molecular flexibility index (Phi) is 10.4. The largest absolute Gasteiger partial charge is 0.508 e. The third kappa shape index (κ3) is 8.22. The number of aromatic hydroxyl groups is 1. The fourth-order valence-corrected chi connectivity index (χ4v) is 2.73. The van der Waals surface area contributed by atoms with E-state index in [9.17, 15) is 34.5 Å². The van der Waals surface area contributed by atoms with Crippen molar-refractivity contribution < 1.29 is 34.5 Å². The minimum absolute atomic E-state index is 0.0142. The van der Waals surface area contributed by atoms with E-state index in [1.807, 2.05) is 6.92 Å². The number of phenols is 1. The predicted octanol–water partition coefficient (Wildman–Crippen LogP) is -1.53. The molecule has 3 amide bonds. The van der Waals surface area contributed by atoms with E-state index in [2.05, 4.69) is 16.0 Å². The zero-order valence-corrected chi connectivity index (χ0v) is 17.5. The summed E-state index contributed by atoms with van der Waals surface area (Å²) in [5, 5.41) is 35.4. The minimum Gasteiger partial charge on any atom is -0.508 e. The van der Waals surface area contributed by atoms with Crippen LogP contribution in [0.5, 0.6) is 5.75 Å². The topological polar surface area (TPSA) is 191 Å². The molecule has 0 radical (unpaired) electrons. The summed E-state index contributed by atoms with van der Waals surface area (Å²) in [5.74, 6) is -3.72. The number of aliphatic carboxylic acids is 1. The highest BCUT2D eigenvalue weighted by molar-refractivity contribution is 5.93. The SMILES string of the molecule is CCC(C)C(NC(=O)CN)C(=O)NC(CO)C(=O)NC(Cc1ccc(O)cc1)C(=O)O. The number of amides is 3. The number of nitrogens with one attached hydrogen (secondary N) is 3. The van der Waals surface area contributed by atoms with Crippen LogP contribution in [0.4, 0.5) is 0 Å². The second-order valence-corrected chi connectivity index (χ2v) is 7.15. The molecule has 0 aliphatic heterocycles. The molecule has 1 rings (SSSR count). The molecule has 1 aromatic carbocycles. The van der Waals surface area contributed by atoms with E-state index in [1.54, 1.807) is 6.92 Å². The number of hydrogen-bond acceptors (Lipinski definition) is 7. The van der Waals surface area contributed by atoms with E-state index < -0.39 is 48.4 Å². The van der Waals surface area contributed by atoms with Crippen molar-refractivity contribution in [3.8, 4) is 5.75 Å². The molecule has 0 saturated carbocycles. The van der Waals surface area contributed by atoms with Gasteiger partial charge in [0.05, 0.1) is 13.2 Å². The molecule has 11 heteroatoms. The molecule has 1 aromatic rings. The molecule has 31 heavy (non-hydrogen) atoms. The van der Waals surface area contributed by atoms with E-state index >= 15 is 0 Å². The van der Waals surface area contributed by atoms with Crippen molar-refractivity contribution in [1.82, 2.24) is 16.0 Å². The highest BCUT2D eigenvalue weighted by atomic mass is 16.4. The van der Waals surface area contributed by atoms with Crippen LogP contribution in [-0.2, 0) is 25.6 Å². The summed E-state index contributed by atoms with van der Waals surface area (Å²) in [5.41, 5.74) is 5.83. The number of carboxylic acids is 1. The second kappa shape index (κ2) is 12.5. The van der Waals surface area contributed by atoms with Crippen LogP contribution >= 0.6 is 0 Å². The summed E-state index contributed by atoms with van der Waals surface area (Å²) in [7, 11) is 0. The third-order valence-electron chi connectivity index (χ3n) is 4.80. The van der Waals surface area contributed by atoms with Gasteiger partial charge in [-0.15, -0.1) is 0 Å². The van der Waals surface area contributed by atoms with Crippen LogP contribution in [0.1, 0.15) is 25.8 Å². The van der Waals surface area contributed by atoms with Gasteiger partial charge in [-0.2, -0.15) is 0 Å². The first kappa shape index (κ1) is 25.9. The van der Waals surface area contributed by atoms with E-state index in [-0.39, 0.29) is 24.6 Å². The van der Waals surface area contributed by atoms with Crippen molar-refractivity contribution in [3.63, 3.8) is 0 Å². The lowest BCUT2D eigenvalue weighted by molar-refractivity contribution is -0.142. The molecule has 0 fully saturated rings. The Morgan fingerprint density at radius 2 is 1.58 bits per heavy atom. The van der Waals surface area contributed by atoms with Gasteiger partial charge in [-0.3, -0.25) is 14.4 Å². The normalized spacial score (nSPS) is 14.6. The molecular formula is C20H30N4O7. The number of aliphatic hydroxyl groups excluding tert-OH is 1. The van der Waals surface area contributed by atoms with Crippen molar-refractivity contribution in [2.75, 3.05) is 13.2 Å². The summed E-state index contributed by atoms with van der Waals surface area (Å²) >= 11 is 0. The van der Waals surface area contributed by atoms with E-state index in [0.29, 0.717) is 12.0 Å². The van der Waals surface area contributed by atoms with Gasteiger partial charge in [0.1, 0.15) is 23.9 Å². The van der Waals surface area contributed by atoms with Crippen molar-refractivity contribution in [1.29, 1.82) is 0 Å². The van der Waals surface area contributed by atoms with Gasteiger partial charge in [-0.25, -0.2) is 4.79 Å². The molecule has 0 spiro atoms. The maximum Gasteiger partial charge on any atom is 0.326 e. The molecule has 0 heterocycles. The Hall–Kier alpha value is -3.18. The van der Waals surface area contributed by atoms with Crippen molar-refractivity contribution in [3.05, 3.63) is 29.8 Å². The Morgan fingerprint density at radius 3 is 2.06 bits per heavy atom. The molecule has 0 aliphatic rings. The molecule has 8 N–H and O–H groups in total. The van der Waals surface area contributed by atoms with E-state index in [0.717, 1.165) is 0 Å². The number of aliphatic hydroxyl groups is 1. The van der Waals surface area contributed by atoms with Gasteiger partial charge in [0.15, 0.2) is 0 Å². The number of carbonyl (C=O) groups excluding carboxylic acids is 3. The first-order valence-electron chi connectivity index (χ1n) is 9.84. The zero-order valence-electron chi connectivity index (χ0n) is 17.5. The van der Waals surface area contributed by atoms with Crippen molar-refractivity contribution in [2.24, 2.45) is 11.7 Å². The number of rotatable bonds is 12. The average molecular weight is 438 g/mol. The fourth-order valence-electron chi connectivity index (χ4n) is 2.73. The number of nitrogens with two attached hydrogens (primary N) is 1. The molecule has 0 saturated heterocycles. The summed E-state index contributed by atoms with van der Waals surface area (Å²) < 4.78 is 0. The molecule has 0 bridgehead atoms. The van der Waals surface area contributed by atoms with Crippen LogP contribution in [0, 0.1) is 5.92 Å². The number of carbonyl (C=O) groups is 4. The van der Waals surface area contributed by atoms with Crippen LogP contribution in [0.2, 0.25) is 0 Å². The van der Waals surface area contributed by atoms with Gasteiger partial charge < -0.3 is 37.0 Å². The van der Waals surface area contributed by atoms with Gasteiger partial charge in [0.2, 0.25) is 17.7 Å². The average Bonchev–Trinajstić information content (AvgIpc) is 2.75. The number of carboxylic acid groups (broad SMARTS) is 1. The van der Waals surface area contributed by atoms with Crippen molar-refractivity contribution >= 4 is 23.7 Å². The molecule has 172 valence electrons. The maximum atomic E-state index is 12.6. The van der Waals surface area contributed by atoms with Gasteiger partial charge >= 0.3 is 5.97 Å². The number of benzene rings is 1. The minimum atomic E-state index is -1.42. The number of hydrogen-bond donors (Lipinski definition) is 7. The van der Waals surface area contributed by atoms with Gasteiger partial charge in [-0.1, -0.05) is 32.4 Å². The van der Waals surface area contributed by atoms with Gasteiger partial charge in [0.25, 0.3) is 0 Å². The van der Waals surface area contributed by atoms with Gasteiger partial charge in [0, 0.05) is 6.42 Å². The van der Waals surface area contributed by atoms with Gasteiger partial charge in [-0.05, 0) is 23.6 Å². The highest BCUT2D eigenvalue weighted by Crippen LogP contribution is 2.12. The zero-order chi connectivity index (χ0) is 23.6. The quantitative estimate of drug-likeness (QED) is 0.204. The standard InChI is InChI=1S/C20H30N4O7/c1-3-11(2)17(24-16(27)9-21)19(29)23-15(10-25)18(28)22-14(20(30)31)8-12-4-6-13(26)7-5-12/h4-7,11,14-15,17,25-26H,3,8-10,21H2,1-2H3,(H,22,28)(H,23,29)(H,24,27)(H,30,31). The molecular weight excluding hydrogens is 408 g/mol. The third-order valence-corrected chi connectivity index (χ3v) is 4.80. The summed E-state index contributed by atoms with van der Waals surface area (Å²) in [6, 6.07) is 2.07. The van der Waals surface area contributed by atoms with Crippen LogP contribution in [0.25, 0.3) is 0 Å². The molecule has 11 nitrogen and oxygen atoms in total. The first-order valence-corrected chi connectivity index (χ1v) is 9.84. The lowest BCUT2D eigenvalue weighted by Gasteiger charge is -2.26. The number of phenolic OH excluding ortho intramolecular Hbond substituents is 1. The summed E-state index contributed by atoms with van der Waals surface area (Å²) in [6.45, 7) is 2.45. The predicted molar refractivity (Wildman–Crippen MR) is 111 cm³/mol. The Morgan fingerprint density at radius 1 is 1.00 bits per heavy atom. The Balaban J connectivity index is 2.86. The smallest absolute Gasteiger partial charge is 0.326 e. The molecule has 0 aromatic heterocycles. The summed E-state index contributed by atoms with van der Waals surface area (Å²) in [4.78, 5) is 48.3. The van der Waals surface area contributed by atoms with Crippen LogP contribution in [-0.4, -0.2) is 70.3 Å². The second-order valence-electron chi connectivity index (χ2n) is 7.15. The maximum absolute atomic E-state index is 12.6. The Bertz CT molecular complexity index is 769. The van der Waals surface area contributed by atoms with E-state index in [1.165, 1.54) is 24.3 Å².